The third kappa shape index (κ3) is 2.34. The van der Waals surface area contributed by atoms with E-state index in [1.54, 1.807) is 0 Å². The van der Waals surface area contributed by atoms with Gasteiger partial charge in [-0.2, -0.15) is 0 Å². The number of allylic oxidation sites excluding steroid dienone is 2. The van der Waals surface area contributed by atoms with Crippen molar-refractivity contribution in [2.24, 2.45) is 11.3 Å². The molecule has 1 N–H and O–H groups in total. The van der Waals surface area contributed by atoms with Gasteiger partial charge in [-0.3, -0.25) is 0 Å². The second kappa shape index (κ2) is 4.28. The van der Waals surface area contributed by atoms with Crippen LogP contribution in [0.2, 0.25) is 0 Å². The molecule has 1 aliphatic carbocycles. The van der Waals surface area contributed by atoms with Crippen LogP contribution in [0.4, 0.5) is 0 Å². The van der Waals surface area contributed by atoms with Gasteiger partial charge in [-0.1, -0.05) is 32.9 Å². The van der Waals surface area contributed by atoms with Crippen molar-refractivity contribution in [2.75, 3.05) is 0 Å². The van der Waals surface area contributed by atoms with Crippen LogP contribution in [0.1, 0.15) is 46.5 Å². The fourth-order valence-corrected chi connectivity index (χ4v) is 2.21. The minimum atomic E-state index is -0.166. The standard InChI is InChI=1S/C12H22O/c1-4-11(13)12(2,3)10-8-6-5-7-9-10/h6,8,10-11,13H,4-5,7,9H2,1-3H3/t10-,11-/m1/s1. The Morgan fingerprint density at radius 3 is 2.69 bits per heavy atom. The molecule has 2 atom stereocenters. The average Bonchev–Trinajstić information content (AvgIpc) is 2.18. The van der Waals surface area contributed by atoms with Crippen molar-refractivity contribution in [1.29, 1.82) is 0 Å². The molecule has 0 fully saturated rings. The molecule has 0 saturated carbocycles. The van der Waals surface area contributed by atoms with E-state index in [0.717, 1.165) is 6.42 Å². The van der Waals surface area contributed by atoms with Crippen LogP contribution in [-0.2, 0) is 0 Å². The highest BCUT2D eigenvalue weighted by Crippen LogP contribution is 2.38. The number of aliphatic hydroxyl groups excluding tert-OH is 1. The predicted octanol–water partition coefficient (Wildman–Crippen LogP) is 3.14. The fourth-order valence-electron chi connectivity index (χ4n) is 2.21. The van der Waals surface area contributed by atoms with Crippen molar-refractivity contribution in [3.8, 4) is 0 Å². The summed E-state index contributed by atoms with van der Waals surface area (Å²) >= 11 is 0. The van der Waals surface area contributed by atoms with E-state index in [2.05, 4.69) is 32.9 Å². The fraction of sp³-hybridized carbons (Fsp3) is 0.833. The number of hydrogen-bond acceptors (Lipinski definition) is 1. The van der Waals surface area contributed by atoms with Crippen LogP contribution in [0.15, 0.2) is 12.2 Å². The largest absolute Gasteiger partial charge is 0.393 e. The highest BCUT2D eigenvalue weighted by molar-refractivity contribution is 5.00. The first-order valence-corrected chi connectivity index (χ1v) is 5.43. The SMILES string of the molecule is CC[C@@H](O)C(C)(C)[C@@H]1C=CCCC1. The molecule has 1 heteroatoms. The molecule has 0 heterocycles. The van der Waals surface area contributed by atoms with Crippen molar-refractivity contribution in [3.05, 3.63) is 12.2 Å². The minimum absolute atomic E-state index is 0.0473. The summed E-state index contributed by atoms with van der Waals surface area (Å²) < 4.78 is 0. The van der Waals surface area contributed by atoms with Crippen LogP contribution in [-0.4, -0.2) is 11.2 Å². The van der Waals surface area contributed by atoms with Gasteiger partial charge in [0.05, 0.1) is 6.10 Å². The molecule has 1 aliphatic rings. The zero-order valence-electron chi connectivity index (χ0n) is 9.09. The Kier molecular flexibility index (Phi) is 3.55. The van der Waals surface area contributed by atoms with Crippen molar-refractivity contribution < 1.29 is 5.11 Å². The molecule has 0 bridgehead atoms. The van der Waals surface area contributed by atoms with Crippen molar-refractivity contribution >= 4 is 0 Å². The normalized spacial score (nSPS) is 26.0. The first-order valence-electron chi connectivity index (χ1n) is 5.43. The summed E-state index contributed by atoms with van der Waals surface area (Å²) in [5.74, 6) is 0.566. The van der Waals surface area contributed by atoms with Crippen LogP contribution in [0.3, 0.4) is 0 Å². The lowest BCUT2D eigenvalue weighted by atomic mass is 9.70. The van der Waals surface area contributed by atoms with Gasteiger partial charge in [0.15, 0.2) is 0 Å². The lowest BCUT2D eigenvalue weighted by Crippen LogP contribution is -2.36. The van der Waals surface area contributed by atoms with Gasteiger partial charge in [0, 0.05) is 0 Å². The monoisotopic (exact) mass is 182 g/mol. The molecule has 0 aromatic heterocycles. The maximum absolute atomic E-state index is 9.90. The molecule has 76 valence electrons. The van der Waals surface area contributed by atoms with Gasteiger partial charge in [-0.25, -0.2) is 0 Å². The van der Waals surface area contributed by atoms with E-state index in [9.17, 15) is 5.11 Å². The molecule has 0 amide bonds. The molecule has 13 heavy (non-hydrogen) atoms. The average molecular weight is 182 g/mol. The molecule has 0 radical (unpaired) electrons. The summed E-state index contributed by atoms with van der Waals surface area (Å²) in [6, 6.07) is 0. The number of rotatable bonds is 3. The predicted molar refractivity (Wildman–Crippen MR) is 56.6 cm³/mol. The molecule has 0 saturated heterocycles. The summed E-state index contributed by atoms with van der Waals surface area (Å²) in [5.41, 5.74) is 0.0473. The minimum Gasteiger partial charge on any atom is -0.393 e. The van der Waals surface area contributed by atoms with E-state index in [0.29, 0.717) is 5.92 Å². The smallest absolute Gasteiger partial charge is 0.0594 e. The lowest BCUT2D eigenvalue weighted by Gasteiger charge is -2.38. The molecule has 1 nitrogen and oxygen atoms in total. The van der Waals surface area contributed by atoms with Crippen LogP contribution in [0.25, 0.3) is 0 Å². The van der Waals surface area contributed by atoms with Crippen LogP contribution < -0.4 is 0 Å². The molecule has 0 spiro atoms. The topological polar surface area (TPSA) is 20.2 Å². The molecule has 1 rings (SSSR count). The quantitative estimate of drug-likeness (QED) is 0.665. The number of aliphatic hydroxyl groups is 1. The first-order chi connectivity index (χ1) is 6.09. The zero-order chi connectivity index (χ0) is 9.90. The van der Waals surface area contributed by atoms with Gasteiger partial charge in [-0.15, -0.1) is 0 Å². The number of hydrogen-bond donors (Lipinski definition) is 1. The van der Waals surface area contributed by atoms with Gasteiger partial charge in [-0.05, 0) is 37.0 Å². The van der Waals surface area contributed by atoms with Gasteiger partial charge in [0.1, 0.15) is 0 Å². The maximum Gasteiger partial charge on any atom is 0.0594 e. The van der Waals surface area contributed by atoms with E-state index in [1.165, 1.54) is 19.3 Å². The van der Waals surface area contributed by atoms with Gasteiger partial charge < -0.3 is 5.11 Å². The van der Waals surface area contributed by atoms with Crippen LogP contribution in [0.5, 0.6) is 0 Å². The van der Waals surface area contributed by atoms with E-state index in [4.69, 9.17) is 0 Å². The zero-order valence-corrected chi connectivity index (χ0v) is 9.09. The highest BCUT2D eigenvalue weighted by atomic mass is 16.3. The first kappa shape index (κ1) is 10.8. The van der Waals surface area contributed by atoms with Gasteiger partial charge in [0.25, 0.3) is 0 Å². The molecular weight excluding hydrogens is 160 g/mol. The summed E-state index contributed by atoms with van der Waals surface area (Å²) in [6.45, 7) is 6.42. The molecule has 0 aromatic carbocycles. The third-order valence-electron chi connectivity index (χ3n) is 3.46. The Morgan fingerprint density at radius 2 is 2.23 bits per heavy atom. The third-order valence-corrected chi connectivity index (χ3v) is 3.46. The summed E-state index contributed by atoms with van der Waals surface area (Å²) in [4.78, 5) is 0. The Morgan fingerprint density at radius 1 is 1.54 bits per heavy atom. The van der Waals surface area contributed by atoms with Gasteiger partial charge >= 0.3 is 0 Å². The summed E-state index contributed by atoms with van der Waals surface area (Å²) in [6.07, 6.45) is 8.98. The molecule has 0 aliphatic heterocycles. The molecular formula is C12H22O. The van der Waals surface area contributed by atoms with E-state index >= 15 is 0 Å². The summed E-state index contributed by atoms with van der Waals surface area (Å²) in [7, 11) is 0. The second-order valence-corrected chi connectivity index (χ2v) is 4.71. The van der Waals surface area contributed by atoms with E-state index < -0.39 is 0 Å². The Bertz CT molecular complexity index is 182. The maximum atomic E-state index is 9.90. The van der Waals surface area contributed by atoms with Crippen molar-refractivity contribution in [2.45, 2.75) is 52.6 Å². The Hall–Kier alpha value is -0.300. The second-order valence-electron chi connectivity index (χ2n) is 4.71. The van der Waals surface area contributed by atoms with E-state index in [1.807, 2.05) is 0 Å². The van der Waals surface area contributed by atoms with E-state index in [-0.39, 0.29) is 11.5 Å². The van der Waals surface area contributed by atoms with Crippen LogP contribution >= 0.6 is 0 Å². The Labute approximate surface area is 81.9 Å². The Balaban J connectivity index is 2.66. The van der Waals surface area contributed by atoms with Gasteiger partial charge in [0.2, 0.25) is 0 Å². The van der Waals surface area contributed by atoms with Crippen molar-refractivity contribution in [3.63, 3.8) is 0 Å². The summed E-state index contributed by atoms with van der Waals surface area (Å²) in [5, 5.41) is 9.90. The lowest BCUT2D eigenvalue weighted by molar-refractivity contribution is 0.0140. The highest BCUT2D eigenvalue weighted by Gasteiger charge is 2.34. The molecule has 0 unspecified atom stereocenters. The van der Waals surface area contributed by atoms with Crippen LogP contribution in [0, 0.1) is 11.3 Å². The molecule has 0 aromatic rings. The van der Waals surface area contributed by atoms with Crippen molar-refractivity contribution in [1.82, 2.24) is 0 Å².